The normalized spacial score (nSPS) is 28.8. The third kappa shape index (κ3) is 8.77. The van der Waals surface area contributed by atoms with Crippen LogP contribution in [-0.4, -0.2) is 79.0 Å². The Labute approximate surface area is 195 Å². The van der Waals surface area contributed by atoms with Crippen LogP contribution < -0.4 is 5.32 Å². The quantitative estimate of drug-likeness (QED) is 0.302. The van der Waals surface area contributed by atoms with Crippen LogP contribution in [0.5, 0.6) is 0 Å². The Hall–Kier alpha value is -0.470. The molecule has 0 aromatic rings. The summed E-state index contributed by atoms with van der Waals surface area (Å²) in [7, 11) is 0. The molecule has 0 aromatic carbocycles. The van der Waals surface area contributed by atoms with E-state index in [0.29, 0.717) is 26.2 Å². The fourth-order valence-electron chi connectivity index (χ4n) is 4.42. The predicted molar refractivity (Wildman–Crippen MR) is 129 cm³/mol. The lowest BCUT2D eigenvalue weighted by atomic mass is 9.79. The molecule has 0 bridgehead atoms. The van der Waals surface area contributed by atoms with E-state index in [0.717, 1.165) is 63.3 Å². The second kappa shape index (κ2) is 15.4. The zero-order valence-corrected chi connectivity index (χ0v) is 20.8. The van der Waals surface area contributed by atoms with Gasteiger partial charge in [-0.2, -0.15) is 0 Å². The highest BCUT2D eigenvalue weighted by Crippen LogP contribution is 2.31. The number of likely N-dealkylation sites (tertiary alicyclic amines) is 1. The van der Waals surface area contributed by atoms with Gasteiger partial charge in [0.25, 0.3) is 0 Å². The van der Waals surface area contributed by atoms with Crippen molar-refractivity contribution in [1.29, 1.82) is 0 Å². The van der Waals surface area contributed by atoms with E-state index in [1.807, 2.05) is 0 Å². The molecule has 2 aliphatic rings. The number of rotatable bonds is 14. The molecule has 0 unspecified atom stereocenters. The molecule has 1 aliphatic heterocycles. The third-order valence-corrected chi connectivity index (χ3v) is 6.75. The van der Waals surface area contributed by atoms with Gasteiger partial charge in [0, 0.05) is 38.8 Å². The smallest absolute Gasteiger partial charge is 0.169 e. The molecule has 1 saturated carbocycles. The van der Waals surface area contributed by atoms with E-state index in [4.69, 9.17) is 26.4 Å². The van der Waals surface area contributed by atoms with E-state index >= 15 is 0 Å². The maximum absolute atomic E-state index is 11.1. The number of hydrogen-bond donors (Lipinski definition) is 2. The lowest BCUT2D eigenvalue weighted by Crippen LogP contribution is -2.64. The van der Waals surface area contributed by atoms with Crippen LogP contribution >= 0.6 is 12.2 Å². The Kier molecular flexibility index (Phi) is 13.3. The lowest BCUT2D eigenvalue weighted by Gasteiger charge is -2.46. The molecule has 5 atom stereocenters. The Morgan fingerprint density at radius 3 is 2.13 bits per heavy atom. The molecular weight excluding hydrogens is 412 g/mol. The van der Waals surface area contributed by atoms with Gasteiger partial charge in [0.05, 0.1) is 24.9 Å². The Balaban J connectivity index is 2.12. The highest BCUT2D eigenvalue weighted by molar-refractivity contribution is 7.80. The van der Waals surface area contributed by atoms with E-state index in [-0.39, 0.29) is 24.2 Å². The van der Waals surface area contributed by atoms with Crippen LogP contribution in [-0.2, 0) is 14.2 Å². The average molecular weight is 459 g/mol. The number of thiocarbonyl (C=S) groups is 1. The van der Waals surface area contributed by atoms with Gasteiger partial charge < -0.3 is 29.5 Å². The van der Waals surface area contributed by atoms with Crippen molar-refractivity contribution in [3.8, 4) is 0 Å². The number of unbranched alkanes of at least 4 members (excludes halogenated alkanes) is 3. The topological polar surface area (TPSA) is 63.2 Å². The van der Waals surface area contributed by atoms with Gasteiger partial charge in [-0.3, -0.25) is 0 Å². The summed E-state index contributed by atoms with van der Waals surface area (Å²) >= 11 is 5.69. The molecule has 2 rings (SSSR count). The number of nitrogens with one attached hydrogen (secondary N) is 1. The van der Waals surface area contributed by atoms with Crippen LogP contribution in [0.1, 0.15) is 78.6 Å². The molecule has 0 radical (unpaired) electrons. The number of aliphatic hydroxyl groups excluding tert-OH is 1. The Bertz CT molecular complexity index is 490. The van der Waals surface area contributed by atoms with Crippen molar-refractivity contribution in [3.63, 3.8) is 0 Å². The van der Waals surface area contributed by atoms with Crippen molar-refractivity contribution in [1.82, 2.24) is 10.2 Å². The number of hydrogen-bond acceptors (Lipinski definition) is 5. The van der Waals surface area contributed by atoms with Crippen LogP contribution in [0.4, 0.5) is 0 Å². The summed E-state index contributed by atoms with van der Waals surface area (Å²) in [4.78, 5) is 2.21. The molecule has 1 heterocycles. The van der Waals surface area contributed by atoms with Crippen LogP contribution in [0.15, 0.2) is 0 Å². The minimum atomic E-state index is -0.544. The van der Waals surface area contributed by atoms with Gasteiger partial charge in [0.2, 0.25) is 0 Å². The summed E-state index contributed by atoms with van der Waals surface area (Å²) in [5, 5.41) is 15.3. The van der Waals surface area contributed by atoms with E-state index < -0.39 is 6.10 Å². The molecule has 6 nitrogen and oxygen atoms in total. The minimum Gasteiger partial charge on any atom is -0.391 e. The van der Waals surface area contributed by atoms with Crippen molar-refractivity contribution < 1.29 is 19.3 Å². The van der Waals surface area contributed by atoms with Crippen LogP contribution in [0.3, 0.4) is 0 Å². The molecule has 0 spiro atoms. The monoisotopic (exact) mass is 458 g/mol. The summed E-state index contributed by atoms with van der Waals surface area (Å²) in [6, 6.07) is -0.261. The van der Waals surface area contributed by atoms with Crippen molar-refractivity contribution >= 4 is 17.3 Å². The lowest BCUT2D eigenvalue weighted by molar-refractivity contribution is -0.164. The number of aliphatic hydroxyl groups is 1. The summed E-state index contributed by atoms with van der Waals surface area (Å²) < 4.78 is 18.8. The molecule has 182 valence electrons. The fraction of sp³-hybridized carbons (Fsp3) is 0.958. The van der Waals surface area contributed by atoms with Crippen molar-refractivity contribution in [3.05, 3.63) is 0 Å². The van der Waals surface area contributed by atoms with Gasteiger partial charge in [0.15, 0.2) is 5.11 Å². The predicted octanol–water partition coefficient (Wildman–Crippen LogP) is 3.89. The van der Waals surface area contributed by atoms with E-state index in [9.17, 15) is 5.11 Å². The first-order valence-corrected chi connectivity index (χ1v) is 13.1. The molecule has 2 N–H and O–H groups in total. The first-order chi connectivity index (χ1) is 15.1. The zero-order valence-electron chi connectivity index (χ0n) is 20.0. The highest BCUT2D eigenvalue weighted by atomic mass is 32.1. The molecule has 1 aliphatic carbocycles. The van der Waals surface area contributed by atoms with Gasteiger partial charge in [-0.15, -0.1) is 0 Å². The van der Waals surface area contributed by atoms with Crippen LogP contribution in [0.2, 0.25) is 0 Å². The van der Waals surface area contributed by atoms with Gasteiger partial charge in [-0.25, -0.2) is 0 Å². The van der Waals surface area contributed by atoms with E-state index in [2.05, 4.69) is 31.0 Å². The zero-order chi connectivity index (χ0) is 22.5. The van der Waals surface area contributed by atoms with E-state index in [1.165, 1.54) is 12.8 Å². The van der Waals surface area contributed by atoms with Gasteiger partial charge >= 0.3 is 0 Å². The largest absolute Gasteiger partial charge is 0.391 e. The minimum absolute atomic E-state index is 0.104. The SMILES string of the molecule is CCCCOC[C@H]1C[C@@H](O)[C@H](NC(=S)N2CCCC2)[C@@H](OCCCC)[C@@H]1OCCCC. The second-order valence-corrected chi connectivity index (χ2v) is 9.43. The number of ether oxygens (including phenoxy) is 3. The molecule has 1 saturated heterocycles. The molecular formula is C24H46N2O4S. The van der Waals surface area contributed by atoms with Crippen LogP contribution in [0.25, 0.3) is 0 Å². The first kappa shape index (κ1) is 26.8. The summed E-state index contributed by atoms with van der Waals surface area (Å²) in [6.07, 6.45) is 8.45. The standard InChI is InChI=1S/C24H46N2O4S/c1-4-7-14-28-18-19-17-20(27)21(25-24(31)26-12-10-11-13-26)23(30-16-9-6-3)22(19)29-15-8-5-2/h19-23,27H,4-18H2,1-3H3,(H,25,31)/t19-,20-,21+,22-,23-/m1/s1. The van der Waals surface area contributed by atoms with Crippen molar-refractivity contribution in [2.24, 2.45) is 5.92 Å². The van der Waals surface area contributed by atoms with Crippen LogP contribution in [0, 0.1) is 5.92 Å². The summed E-state index contributed by atoms with van der Waals surface area (Å²) in [5.41, 5.74) is 0. The molecule has 7 heteroatoms. The average Bonchev–Trinajstić information content (AvgIpc) is 3.30. The Morgan fingerprint density at radius 2 is 1.52 bits per heavy atom. The first-order valence-electron chi connectivity index (χ1n) is 12.7. The van der Waals surface area contributed by atoms with E-state index in [1.54, 1.807) is 0 Å². The summed E-state index contributed by atoms with van der Waals surface area (Å²) in [5.74, 6) is 0.119. The highest BCUT2D eigenvalue weighted by Gasteiger charge is 2.46. The number of nitrogens with zero attached hydrogens (tertiary/aromatic N) is 1. The molecule has 31 heavy (non-hydrogen) atoms. The van der Waals surface area contributed by atoms with Gasteiger partial charge in [0.1, 0.15) is 6.10 Å². The maximum Gasteiger partial charge on any atom is 0.169 e. The second-order valence-electron chi connectivity index (χ2n) is 9.04. The fourth-order valence-corrected chi connectivity index (χ4v) is 4.73. The third-order valence-electron chi connectivity index (χ3n) is 6.38. The van der Waals surface area contributed by atoms with Crippen molar-refractivity contribution in [2.45, 2.75) is 103 Å². The Morgan fingerprint density at radius 1 is 0.935 bits per heavy atom. The van der Waals surface area contributed by atoms with Crippen molar-refractivity contribution in [2.75, 3.05) is 39.5 Å². The molecule has 0 aromatic heterocycles. The van der Waals surface area contributed by atoms with Gasteiger partial charge in [-0.05, 0) is 50.7 Å². The maximum atomic E-state index is 11.1. The molecule has 0 amide bonds. The summed E-state index contributed by atoms with van der Waals surface area (Å²) in [6.45, 7) is 11.2. The molecule has 2 fully saturated rings. The van der Waals surface area contributed by atoms with Gasteiger partial charge in [-0.1, -0.05) is 40.0 Å².